The van der Waals surface area contributed by atoms with Gasteiger partial charge in [0, 0.05) is 44.8 Å². The van der Waals surface area contributed by atoms with Crippen LogP contribution in [-0.4, -0.2) is 101 Å². The molecule has 2 saturated heterocycles. The van der Waals surface area contributed by atoms with Gasteiger partial charge < -0.3 is 24.7 Å². The van der Waals surface area contributed by atoms with Gasteiger partial charge in [0.1, 0.15) is 5.75 Å². The summed E-state index contributed by atoms with van der Waals surface area (Å²) in [7, 11) is 0. The second kappa shape index (κ2) is 11.1. The van der Waals surface area contributed by atoms with Gasteiger partial charge in [-0.3, -0.25) is 19.3 Å². The van der Waals surface area contributed by atoms with Crippen LogP contribution in [0.25, 0.3) is 0 Å². The Morgan fingerprint density at radius 1 is 1.03 bits per heavy atom. The summed E-state index contributed by atoms with van der Waals surface area (Å²) < 4.78 is 5.41. The van der Waals surface area contributed by atoms with Crippen LogP contribution in [0.5, 0.6) is 5.75 Å². The van der Waals surface area contributed by atoms with E-state index in [0.29, 0.717) is 45.0 Å². The van der Waals surface area contributed by atoms with Crippen molar-refractivity contribution in [3.63, 3.8) is 0 Å². The van der Waals surface area contributed by atoms with Crippen LogP contribution >= 0.6 is 0 Å². The van der Waals surface area contributed by atoms with Crippen molar-refractivity contribution in [1.29, 1.82) is 0 Å². The highest BCUT2D eigenvalue weighted by molar-refractivity contribution is 5.96. The molecule has 2 fully saturated rings. The molecule has 2 N–H and O–H groups in total. The molecule has 0 aliphatic carbocycles. The summed E-state index contributed by atoms with van der Waals surface area (Å²) in [5, 5.41) is 16.5. The number of benzene rings is 1. The van der Waals surface area contributed by atoms with Crippen LogP contribution in [0.2, 0.25) is 0 Å². The Hall–Kier alpha value is -2.65. The van der Waals surface area contributed by atoms with Crippen molar-refractivity contribution in [3.8, 4) is 5.75 Å². The van der Waals surface area contributed by atoms with Crippen molar-refractivity contribution >= 4 is 18.3 Å². The SMILES string of the molecule is Cc1cc(O)ccc1C(=O)N1CCCN(C(=O)C(C)(C)N2CCOCC2)CC1.O=CO. The van der Waals surface area contributed by atoms with Gasteiger partial charge >= 0.3 is 0 Å². The summed E-state index contributed by atoms with van der Waals surface area (Å²) >= 11 is 0. The fourth-order valence-corrected chi connectivity index (χ4v) is 4.03. The van der Waals surface area contributed by atoms with Gasteiger partial charge in [-0.15, -0.1) is 0 Å². The zero-order valence-corrected chi connectivity index (χ0v) is 18.5. The zero-order chi connectivity index (χ0) is 23.0. The number of carboxylic acid groups (broad SMARTS) is 1. The second-order valence-corrected chi connectivity index (χ2v) is 8.20. The van der Waals surface area contributed by atoms with Gasteiger partial charge in [0.2, 0.25) is 5.91 Å². The van der Waals surface area contributed by atoms with E-state index in [-0.39, 0.29) is 24.0 Å². The molecule has 0 spiro atoms. The number of aryl methyl sites for hydroxylation is 1. The molecule has 2 heterocycles. The Labute approximate surface area is 183 Å². The number of hydrogen-bond acceptors (Lipinski definition) is 6. The zero-order valence-electron chi connectivity index (χ0n) is 18.5. The first-order chi connectivity index (χ1) is 14.7. The summed E-state index contributed by atoms with van der Waals surface area (Å²) in [6, 6.07) is 4.81. The van der Waals surface area contributed by atoms with E-state index in [1.54, 1.807) is 18.2 Å². The number of morpholine rings is 1. The molecule has 0 radical (unpaired) electrons. The number of carbonyl (C=O) groups excluding carboxylic acids is 2. The number of amides is 2. The topological polar surface area (TPSA) is 111 Å². The molecular formula is C22H33N3O6. The molecule has 9 nitrogen and oxygen atoms in total. The number of hydrogen-bond donors (Lipinski definition) is 2. The quantitative estimate of drug-likeness (QED) is 0.686. The monoisotopic (exact) mass is 435 g/mol. The van der Waals surface area contributed by atoms with Crippen LogP contribution in [-0.2, 0) is 14.3 Å². The highest BCUT2D eigenvalue weighted by atomic mass is 16.5. The van der Waals surface area contributed by atoms with Gasteiger partial charge in [0.05, 0.1) is 18.8 Å². The summed E-state index contributed by atoms with van der Waals surface area (Å²) in [4.78, 5) is 40.4. The van der Waals surface area contributed by atoms with Crippen molar-refractivity contribution in [2.45, 2.75) is 32.7 Å². The molecule has 0 saturated carbocycles. The second-order valence-electron chi connectivity index (χ2n) is 8.20. The third-order valence-electron chi connectivity index (χ3n) is 5.84. The largest absolute Gasteiger partial charge is 0.508 e. The standard InChI is InChI=1S/C21H31N3O4.CH2O2/c1-16-15-17(25)5-6-18(16)19(26)22-7-4-8-23(10-9-22)20(27)21(2,3)24-11-13-28-14-12-24;2-1-3/h5-6,15,25H,4,7-14H2,1-3H3;1H,(H,2,3). The minimum absolute atomic E-state index is 0.0424. The summed E-state index contributed by atoms with van der Waals surface area (Å²) in [6.07, 6.45) is 0.758. The molecule has 1 aromatic carbocycles. The Morgan fingerprint density at radius 3 is 2.23 bits per heavy atom. The minimum Gasteiger partial charge on any atom is -0.508 e. The van der Waals surface area contributed by atoms with E-state index in [1.165, 1.54) is 0 Å². The Bertz CT molecular complexity index is 777. The first-order valence-corrected chi connectivity index (χ1v) is 10.5. The molecule has 0 unspecified atom stereocenters. The van der Waals surface area contributed by atoms with Crippen LogP contribution in [0.15, 0.2) is 18.2 Å². The molecule has 31 heavy (non-hydrogen) atoms. The third-order valence-corrected chi connectivity index (χ3v) is 5.84. The lowest BCUT2D eigenvalue weighted by atomic mass is 9.99. The van der Waals surface area contributed by atoms with Crippen LogP contribution < -0.4 is 0 Å². The number of ether oxygens (including phenoxy) is 1. The van der Waals surface area contributed by atoms with Crippen molar-refractivity contribution < 1.29 is 29.3 Å². The van der Waals surface area contributed by atoms with Crippen LogP contribution in [0, 0.1) is 6.92 Å². The lowest BCUT2D eigenvalue weighted by Gasteiger charge is -2.42. The average Bonchev–Trinajstić information content (AvgIpc) is 3.00. The normalized spacial score (nSPS) is 17.9. The maximum absolute atomic E-state index is 13.2. The summed E-state index contributed by atoms with van der Waals surface area (Å²) in [6.45, 7) is 10.7. The van der Waals surface area contributed by atoms with E-state index in [1.807, 2.05) is 30.6 Å². The highest BCUT2D eigenvalue weighted by Gasteiger charge is 2.39. The van der Waals surface area contributed by atoms with E-state index in [0.717, 1.165) is 25.1 Å². The number of phenolic OH excluding ortho intramolecular Hbond substituents is 1. The van der Waals surface area contributed by atoms with Gasteiger partial charge in [-0.05, 0) is 51.0 Å². The van der Waals surface area contributed by atoms with Gasteiger partial charge in [-0.2, -0.15) is 0 Å². The first-order valence-electron chi connectivity index (χ1n) is 10.5. The molecule has 0 aromatic heterocycles. The number of carbonyl (C=O) groups is 3. The molecule has 1 aromatic rings. The lowest BCUT2D eigenvalue weighted by molar-refractivity contribution is -0.145. The number of nitrogens with zero attached hydrogens (tertiary/aromatic N) is 3. The van der Waals surface area contributed by atoms with Crippen molar-refractivity contribution in [1.82, 2.24) is 14.7 Å². The van der Waals surface area contributed by atoms with Crippen molar-refractivity contribution in [3.05, 3.63) is 29.3 Å². The molecular weight excluding hydrogens is 402 g/mol. The van der Waals surface area contributed by atoms with Gasteiger partial charge in [-0.25, -0.2) is 0 Å². The van der Waals surface area contributed by atoms with E-state index >= 15 is 0 Å². The molecule has 2 aliphatic heterocycles. The summed E-state index contributed by atoms with van der Waals surface area (Å²) in [5.74, 6) is 0.232. The Balaban J connectivity index is 0.00000107. The highest BCUT2D eigenvalue weighted by Crippen LogP contribution is 2.22. The smallest absolute Gasteiger partial charge is 0.290 e. The van der Waals surface area contributed by atoms with E-state index < -0.39 is 5.54 Å². The Kier molecular flexibility index (Phi) is 8.82. The first kappa shape index (κ1) is 24.6. The van der Waals surface area contributed by atoms with Gasteiger partial charge in [0.15, 0.2) is 0 Å². The van der Waals surface area contributed by atoms with E-state index in [2.05, 4.69) is 4.90 Å². The van der Waals surface area contributed by atoms with Gasteiger partial charge in [-0.1, -0.05) is 0 Å². The van der Waals surface area contributed by atoms with Crippen LogP contribution in [0.3, 0.4) is 0 Å². The predicted molar refractivity (Wildman–Crippen MR) is 115 cm³/mol. The van der Waals surface area contributed by atoms with Crippen molar-refractivity contribution in [2.75, 3.05) is 52.5 Å². The summed E-state index contributed by atoms with van der Waals surface area (Å²) in [5.41, 5.74) is 0.790. The van der Waals surface area contributed by atoms with Gasteiger partial charge in [0.25, 0.3) is 12.4 Å². The number of phenols is 1. The molecule has 172 valence electrons. The third kappa shape index (κ3) is 6.18. The molecule has 2 amide bonds. The van der Waals surface area contributed by atoms with Crippen LogP contribution in [0.4, 0.5) is 0 Å². The Morgan fingerprint density at radius 2 is 1.61 bits per heavy atom. The lowest BCUT2D eigenvalue weighted by Crippen LogP contribution is -2.59. The maximum atomic E-state index is 13.2. The molecule has 2 aliphatic rings. The molecule has 0 bridgehead atoms. The van der Waals surface area contributed by atoms with Crippen LogP contribution in [0.1, 0.15) is 36.2 Å². The fraction of sp³-hybridized carbons (Fsp3) is 0.591. The average molecular weight is 436 g/mol. The van der Waals surface area contributed by atoms with E-state index in [9.17, 15) is 14.7 Å². The molecule has 9 heteroatoms. The number of rotatable bonds is 3. The van der Waals surface area contributed by atoms with E-state index in [4.69, 9.17) is 14.6 Å². The number of aromatic hydroxyl groups is 1. The maximum Gasteiger partial charge on any atom is 0.290 e. The molecule has 0 atom stereocenters. The fourth-order valence-electron chi connectivity index (χ4n) is 4.03. The predicted octanol–water partition coefficient (Wildman–Crippen LogP) is 1.19. The minimum atomic E-state index is -0.573. The van der Waals surface area contributed by atoms with Crippen molar-refractivity contribution in [2.24, 2.45) is 0 Å². The molecule has 3 rings (SSSR count).